The van der Waals surface area contributed by atoms with Crippen LogP contribution in [0, 0.1) is 6.92 Å². The zero-order valence-electron chi connectivity index (χ0n) is 15.4. The van der Waals surface area contributed by atoms with Gasteiger partial charge in [-0.15, -0.1) is 10.2 Å². The molecule has 7 nitrogen and oxygen atoms in total. The second kappa shape index (κ2) is 8.59. The van der Waals surface area contributed by atoms with Crippen LogP contribution in [0.15, 0.2) is 58.9 Å². The molecule has 9 heteroatoms. The summed E-state index contributed by atoms with van der Waals surface area (Å²) in [4.78, 5) is 12.3. The molecule has 1 atom stereocenters. The van der Waals surface area contributed by atoms with Crippen LogP contribution < -0.4 is 10.0 Å². The van der Waals surface area contributed by atoms with Crippen molar-refractivity contribution < 1.29 is 13.2 Å². The topological polar surface area (TPSA) is 101 Å². The summed E-state index contributed by atoms with van der Waals surface area (Å²) in [5.74, 6) is -0.362. The Morgan fingerprint density at radius 1 is 1.11 bits per heavy atom. The number of carbonyl (C=O) groups is 1. The van der Waals surface area contributed by atoms with Crippen molar-refractivity contribution in [3.8, 4) is 0 Å². The number of benzene rings is 2. The first-order valence-electron chi connectivity index (χ1n) is 8.61. The monoisotopic (exact) mass is 416 g/mol. The molecule has 0 radical (unpaired) electrons. The number of hydrogen-bond donors (Lipinski definition) is 2. The van der Waals surface area contributed by atoms with E-state index >= 15 is 0 Å². The van der Waals surface area contributed by atoms with Gasteiger partial charge in [-0.05, 0) is 30.5 Å². The zero-order chi connectivity index (χ0) is 20.1. The second-order valence-corrected chi connectivity index (χ2v) is 9.28. The molecular formula is C19H20N4O3S2. The molecule has 1 aromatic heterocycles. The Balaban J connectivity index is 1.64. The molecule has 3 aromatic rings. The summed E-state index contributed by atoms with van der Waals surface area (Å²) in [7, 11) is -3.81. The molecule has 2 aromatic carbocycles. The van der Waals surface area contributed by atoms with Gasteiger partial charge in [-0.2, -0.15) is 0 Å². The van der Waals surface area contributed by atoms with Crippen molar-refractivity contribution in [1.29, 1.82) is 0 Å². The van der Waals surface area contributed by atoms with E-state index in [-0.39, 0.29) is 27.8 Å². The average molecular weight is 417 g/mol. The van der Waals surface area contributed by atoms with Gasteiger partial charge < -0.3 is 0 Å². The number of nitrogens with one attached hydrogen (secondary N) is 2. The number of nitrogens with zero attached hydrogens (tertiary/aromatic N) is 2. The van der Waals surface area contributed by atoms with Gasteiger partial charge in [0.25, 0.3) is 15.9 Å². The molecule has 0 unspecified atom stereocenters. The van der Waals surface area contributed by atoms with Gasteiger partial charge in [0.05, 0.1) is 0 Å². The highest BCUT2D eigenvalue weighted by Crippen LogP contribution is 2.21. The van der Waals surface area contributed by atoms with Crippen LogP contribution in [-0.2, 0) is 10.0 Å². The summed E-state index contributed by atoms with van der Waals surface area (Å²) in [5.41, 5.74) is 2.45. The Bertz CT molecular complexity index is 1070. The first-order chi connectivity index (χ1) is 13.3. The Morgan fingerprint density at radius 3 is 2.57 bits per heavy atom. The lowest BCUT2D eigenvalue weighted by molar-refractivity contribution is 0.102. The van der Waals surface area contributed by atoms with E-state index in [4.69, 9.17) is 0 Å². The van der Waals surface area contributed by atoms with Crippen LogP contribution in [0.3, 0.4) is 0 Å². The van der Waals surface area contributed by atoms with Gasteiger partial charge in [0.1, 0.15) is 0 Å². The van der Waals surface area contributed by atoms with E-state index < -0.39 is 10.0 Å². The first-order valence-corrected chi connectivity index (χ1v) is 10.9. The van der Waals surface area contributed by atoms with Crippen molar-refractivity contribution in [2.75, 3.05) is 11.9 Å². The molecule has 2 N–H and O–H groups in total. The van der Waals surface area contributed by atoms with E-state index in [9.17, 15) is 13.2 Å². The largest absolute Gasteiger partial charge is 0.296 e. The zero-order valence-corrected chi connectivity index (χ0v) is 17.0. The highest BCUT2D eigenvalue weighted by molar-refractivity contribution is 7.91. The maximum atomic E-state index is 12.5. The predicted molar refractivity (Wildman–Crippen MR) is 109 cm³/mol. The first kappa shape index (κ1) is 20.1. The minimum atomic E-state index is -3.81. The average Bonchev–Trinajstić information content (AvgIpc) is 3.16. The second-order valence-electron chi connectivity index (χ2n) is 6.36. The lowest BCUT2D eigenvalue weighted by atomic mass is 10.0. The van der Waals surface area contributed by atoms with E-state index in [1.165, 1.54) is 0 Å². The van der Waals surface area contributed by atoms with Crippen LogP contribution in [0.4, 0.5) is 5.13 Å². The fourth-order valence-corrected chi connectivity index (χ4v) is 4.59. The predicted octanol–water partition coefficient (Wildman–Crippen LogP) is 3.18. The molecular weight excluding hydrogens is 396 g/mol. The third-order valence-corrected chi connectivity index (χ3v) is 6.71. The molecule has 0 bridgehead atoms. The molecule has 0 aliphatic carbocycles. The standard InChI is InChI=1S/C19H20N4O3S2/c1-13-7-6-10-16(11-13)17(24)21-18-22-23-19(27-18)28(25,26)20-12-14(2)15-8-4-3-5-9-15/h3-11,14,20H,12H2,1-2H3,(H,21,22,24)/t14-/m1/s1. The van der Waals surface area contributed by atoms with Crippen molar-refractivity contribution in [3.05, 3.63) is 71.3 Å². The lowest BCUT2D eigenvalue weighted by Gasteiger charge is -2.12. The van der Waals surface area contributed by atoms with Gasteiger partial charge in [-0.1, -0.05) is 66.3 Å². The Labute approximate surface area is 167 Å². The SMILES string of the molecule is Cc1cccc(C(=O)Nc2nnc(S(=O)(=O)NC[C@@H](C)c3ccccc3)s2)c1. The number of carbonyl (C=O) groups excluding carboxylic acids is 1. The molecule has 0 aliphatic rings. The number of anilines is 1. The summed E-state index contributed by atoms with van der Waals surface area (Å²) >= 11 is 0.810. The number of rotatable bonds is 7. The molecule has 28 heavy (non-hydrogen) atoms. The number of amides is 1. The summed E-state index contributed by atoms with van der Waals surface area (Å²) in [5, 5.41) is 10.2. The fraction of sp³-hybridized carbons (Fsp3) is 0.211. The van der Waals surface area contributed by atoms with Crippen molar-refractivity contribution in [2.45, 2.75) is 24.1 Å². The minimum absolute atomic E-state index is 0.00406. The summed E-state index contributed by atoms with van der Waals surface area (Å²) in [6.07, 6.45) is 0. The number of hydrogen-bond acceptors (Lipinski definition) is 6. The summed E-state index contributed by atoms with van der Waals surface area (Å²) in [6.45, 7) is 4.05. The van der Waals surface area contributed by atoms with Crippen molar-refractivity contribution in [3.63, 3.8) is 0 Å². The van der Waals surface area contributed by atoms with Gasteiger partial charge in [0.2, 0.25) is 9.47 Å². The van der Waals surface area contributed by atoms with Crippen molar-refractivity contribution >= 4 is 32.4 Å². The summed E-state index contributed by atoms with van der Waals surface area (Å²) in [6, 6.07) is 16.7. The molecule has 1 heterocycles. The molecule has 1 amide bonds. The maximum absolute atomic E-state index is 12.5. The van der Waals surface area contributed by atoms with Gasteiger partial charge in [0, 0.05) is 12.1 Å². The highest BCUT2D eigenvalue weighted by atomic mass is 32.2. The Morgan fingerprint density at radius 2 is 1.86 bits per heavy atom. The Kier molecular flexibility index (Phi) is 6.18. The van der Waals surface area contributed by atoms with Crippen LogP contribution in [0.2, 0.25) is 0 Å². The van der Waals surface area contributed by atoms with Crippen LogP contribution in [0.5, 0.6) is 0 Å². The van der Waals surface area contributed by atoms with Crippen LogP contribution in [0.1, 0.15) is 34.3 Å². The molecule has 3 rings (SSSR count). The van der Waals surface area contributed by atoms with Crippen LogP contribution in [-0.4, -0.2) is 31.1 Å². The summed E-state index contributed by atoms with van der Waals surface area (Å²) < 4.78 is 27.3. The number of sulfonamides is 1. The van der Waals surface area contributed by atoms with E-state index in [0.717, 1.165) is 22.5 Å². The van der Waals surface area contributed by atoms with Crippen molar-refractivity contribution in [2.24, 2.45) is 0 Å². The van der Waals surface area contributed by atoms with Gasteiger partial charge in [-0.3, -0.25) is 10.1 Å². The molecule has 0 fully saturated rings. The quantitative estimate of drug-likeness (QED) is 0.576. The molecule has 0 saturated carbocycles. The van der Waals surface area contributed by atoms with E-state index in [1.807, 2.05) is 50.2 Å². The fourth-order valence-electron chi connectivity index (χ4n) is 2.52. The third-order valence-electron chi connectivity index (χ3n) is 4.09. The lowest BCUT2D eigenvalue weighted by Crippen LogP contribution is -2.27. The normalized spacial score (nSPS) is 12.5. The van der Waals surface area contributed by atoms with Crippen LogP contribution >= 0.6 is 11.3 Å². The van der Waals surface area contributed by atoms with Crippen LogP contribution in [0.25, 0.3) is 0 Å². The molecule has 0 saturated heterocycles. The highest BCUT2D eigenvalue weighted by Gasteiger charge is 2.22. The number of aryl methyl sites for hydroxylation is 1. The maximum Gasteiger partial charge on any atom is 0.269 e. The minimum Gasteiger partial charge on any atom is -0.296 e. The smallest absolute Gasteiger partial charge is 0.269 e. The van der Waals surface area contributed by atoms with Gasteiger partial charge >= 0.3 is 0 Å². The van der Waals surface area contributed by atoms with Gasteiger partial charge in [-0.25, -0.2) is 13.1 Å². The van der Waals surface area contributed by atoms with E-state index in [2.05, 4.69) is 20.2 Å². The van der Waals surface area contributed by atoms with E-state index in [1.54, 1.807) is 18.2 Å². The molecule has 0 spiro atoms. The number of aromatic nitrogens is 2. The van der Waals surface area contributed by atoms with Gasteiger partial charge in [0.15, 0.2) is 0 Å². The van der Waals surface area contributed by atoms with Crippen molar-refractivity contribution in [1.82, 2.24) is 14.9 Å². The molecule has 0 aliphatic heterocycles. The Hall–Kier alpha value is -2.62. The third kappa shape index (κ3) is 5.00. The molecule has 146 valence electrons. The van der Waals surface area contributed by atoms with E-state index in [0.29, 0.717) is 5.56 Å².